The number of hydrogen-bond donors (Lipinski definition) is 1. The van der Waals surface area contributed by atoms with Gasteiger partial charge in [-0.1, -0.05) is 27.7 Å². The summed E-state index contributed by atoms with van der Waals surface area (Å²) in [7, 11) is 0. The van der Waals surface area contributed by atoms with Crippen molar-refractivity contribution >= 4 is 5.69 Å². The quantitative estimate of drug-likeness (QED) is 0.893. The van der Waals surface area contributed by atoms with Gasteiger partial charge in [0.05, 0.1) is 0 Å². The summed E-state index contributed by atoms with van der Waals surface area (Å²) in [5, 5.41) is 3.78. The van der Waals surface area contributed by atoms with E-state index in [0.717, 1.165) is 19.6 Å². The van der Waals surface area contributed by atoms with Crippen LogP contribution in [0.2, 0.25) is 0 Å². The molecule has 1 aromatic rings. The molecule has 0 radical (unpaired) electrons. The SMILES string of the molecule is CC(C)C(C)(C)CNC1CCN(c2ccncc2)CC1. The van der Waals surface area contributed by atoms with Gasteiger partial charge in [0.1, 0.15) is 0 Å². The number of piperidine rings is 1. The van der Waals surface area contributed by atoms with Crippen molar-refractivity contribution in [2.24, 2.45) is 11.3 Å². The first-order chi connectivity index (χ1) is 9.49. The third kappa shape index (κ3) is 3.95. The van der Waals surface area contributed by atoms with Crippen LogP contribution >= 0.6 is 0 Å². The summed E-state index contributed by atoms with van der Waals surface area (Å²) in [4.78, 5) is 6.55. The molecule has 1 saturated heterocycles. The summed E-state index contributed by atoms with van der Waals surface area (Å²) < 4.78 is 0. The van der Waals surface area contributed by atoms with Crippen molar-refractivity contribution in [3.05, 3.63) is 24.5 Å². The number of pyridine rings is 1. The van der Waals surface area contributed by atoms with Crippen LogP contribution in [0.3, 0.4) is 0 Å². The lowest BCUT2D eigenvalue weighted by Crippen LogP contribution is -2.46. The van der Waals surface area contributed by atoms with E-state index in [4.69, 9.17) is 0 Å². The molecular formula is C17H29N3. The number of nitrogens with one attached hydrogen (secondary N) is 1. The predicted octanol–water partition coefficient (Wildman–Crippen LogP) is 3.32. The fourth-order valence-corrected chi connectivity index (χ4v) is 2.51. The number of rotatable bonds is 5. The Morgan fingerprint density at radius 1 is 1.25 bits per heavy atom. The van der Waals surface area contributed by atoms with Crippen molar-refractivity contribution in [3.63, 3.8) is 0 Å². The third-order valence-electron chi connectivity index (χ3n) is 4.93. The van der Waals surface area contributed by atoms with Gasteiger partial charge in [-0.3, -0.25) is 4.98 Å². The Morgan fingerprint density at radius 2 is 1.85 bits per heavy atom. The Labute approximate surface area is 123 Å². The molecule has 0 bridgehead atoms. The Kier molecular flexibility index (Phi) is 5.03. The molecule has 0 unspecified atom stereocenters. The smallest absolute Gasteiger partial charge is 0.0397 e. The molecule has 2 rings (SSSR count). The average Bonchev–Trinajstić information content (AvgIpc) is 2.46. The van der Waals surface area contributed by atoms with Gasteiger partial charge in [0.25, 0.3) is 0 Å². The highest BCUT2D eigenvalue weighted by atomic mass is 15.1. The summed E-state index contributed by atoms with van der Waals surface area (Å²) in [6.45, 7) is 12.7. The Bertz CT molecular complexity index is 392. The molecular weight excluding hydrogens is 246 g/mol. The topological polar surface area (TPSA) is 28.2 Å². The van der Waals surface area contributed by atoms with E-state index in [1.54, 1.807) is 0 Å². The predicted molar refractivity (Wildman–Crippen MR) is 86.1 cm³/mol. The number of nitrogens with zero attached hydrogens (tertiary/aromatic N) is 2. The average molecular weight is 275 g/mol. The molecule has 1 aromatic heterocycles. The maximum Gasteiger partial charge on any atom is 0.0397 e. The highest BCUT2D eigenvalue weighted by Crippen LogP contribution is 2.26. The van der Waals surface area contributed by atoms with E-state index in [0.29, 0.717) is 17.4 Å². The molecule has 3 nitrogen and oxygen atoms in total. The van der Waals surface area contributed by atoms with Crippen LogP contribution in [0.15, 0.2) is 24.5 Å². The Hall–Kier alpha value is -1.09. The molecule has 0 atom stereocenters. The molecule has 1 fully saturated rings. The van der Waals surface area contributed by atoms with Crippen molar-refractivity contribution in [1.29, 1.82) is 0 Å². The van der Waals surface area contributed by atoms with Crippen LogP contribution in [0.25, 0.3) is 0 Å². The lowest BCUT2D eigenvalue weighted by atomic mass is 9.81. The molecule has 3 heteroatoms. The second kappa shape index (κ2) is 6.57. The summed E-state index contributed by atoms with van der Waals surface area (Å²) in [6.07, 6.45) is 6.22. The lowest BCUT2D eigenvalue weighted by molar-refractivity contribution is 0.221. The first kappa shape index (κ1) is 15.3. The van der Waals surface area contributed by atoms with Crippen LogP contribution < -0.4 is 10.2 Å². The van der Waals surface area contributed by atoms with Crippen molar-refractivity contribution in [2.45, 2.75) is 46.6 Å². The zero-order valence-corrected chi connectivity index (χ0v) is 13.4. The molecule has 1 aliphatic heterocycles. The van der Waals surface area contributed by atoms with Gasteiger partial charge >= 0.3 is 0 Å². The van der Waals surface area contributed by atoms with E-state index in [1.807, 2.05) is 12.4 Å². The molecule has 2 heterocycles. The molecule has 112 valence electrons. The normalized spacial score (nSPS) is 17.8. The van der Waals surface area contributed by atoms with Crippen molar-refractivity contribution < 1.29 is 0 Å². The van der Waals surface area contributed by atoms with Crippen molar-refractivity contribution in [2.75, 3.05) is 24.5 Å². The fraction of sp³-hybridized carbons (Fsp3) is 0.706. The van der Waals surface area contributed by atoms with E-state index in [9.17, 15) is 0 Å². The maximum absolute atomic E-state index is 4.09. The van der Waals surface area contributed by atoms with Crippen LogP contribution in [0.5, 0.6) is 0 Å². The number of anilines is 1. The molecule has 0 aromatic carbocycles. The summed E-state index contributed by atoms with van der Waals surface area (Å²) >= 11 is 0. The first-order valence-corrected chi connectivity index (χ1v) is 7.87. The zero-order valence-electron chi connectivity index (χ0n) is 13.4. The zero-order chi connectivity index (χ0) is 14.6. The van der Waals surface area contributed by atoms with Gasteiger partial charge in [-0.05, 0) is 36.3 Å². The minimum atomic E-state index is 0.377. The number of aromatic nitrogens is 1. The van der Waals surface area contributed by atoms with Gasteiger partial charge in [-0.15, -0.1) is 0 Å². The van der Waals surface area contributed by atoms with E-state index in [-0.39, 0.29) is 0 Å². The standard InChI is InChI=1S/C17H29N3/c1-14(2)17(3,4)13-19-15-7-11-20(12-8-15)16-5-9-18-10-6-16/h5-6,9-10,14-15,19H,7-8,11-13H2,1-4H3. The molecule has 0 aliphatic carbocycles. The van der Waals surface area contributed by atoms with Crippen molar-refractivity contribution in [3.8, 4) is 0 Å². The van der Waals surface area contributed by atoms with E-state index in [1.165, 1.54) is 18.5 Å². The summed E-state index contributed by atoms with van der Waals surface area (Å²) in [5.41, 5.74) is 1.68. The monoisotopic (exact) mass is 275 g/mol. The largest absolute Gasteiger partial charge is 0.371 e. The molecule has 0 amide bonds. The Balaban J connectivity index is 1.78. The van der Waals surface area contributed by atoms with Crippen LogP contribution in [-0.2, 0) is 0 Å². The minimum Gasteiger partial charge on any atom is -0.371 e. The molecule has 0 spiro atoms. The highest BCUT2D eigenvalue weighted by Gasteiger charge is 2.25. The van der Waals surface area contributed by atoms with E-state index in [2.05, 4.69) is 55.0 Å². The van der Waals surface area contributed by atoms with Crippen LogP contribution in [-0.4, -0.2) is 30.7 Å². The van der Waals surface area contributed by atoms with Crippen LogP contribution in [0.1, 0.15) is 40.5 Å². The maximum atomic E-state index is 4.09. The third-order valence-corrected chi connectivity index (χ3v) is 4.93. The summed E-state index contributed by atoms with van der Waals surface area (Å²) in [5.74, 6) is 0.715. The molecule has 1 N–H and O–H groups in total. The second-order valence-electron chi connectivity index (χ2n) is 6.99. The molecule has 0 saturated carbocycles. The summed E-state index contributed by atoms with van der Waals surface area (Å²) in [6, 6.07) is 4.89. The fourth-order valence-electron chi connectivity index (χ4n) is 2.51. The van der Waals surface area contributed by atoms with Crippen molar-refractivity contribution in [1.82, 2.24) is 10.3 Å². The van der Waals surface area contributed by atoms with Crippen LogP contribution in [0, 0.1) is 11.3 Å². The number of hydrogen-bond acceptors (Lipinski definition) is 3. The first-order valence-electron chi connectivity index (χ1n) is 7.87. The van der Waals surface area contributed by atoms with Gasteiger partial charge in [0, 0.05) is 43.8 Å². The van der Waals surface area contributed by atoms with Crippen LogP contribution in [0.4, 0.5) is 5.69 Å². The molecule has 1 aliphatic rings. The second-order valence-corrected chi connectivity index (χ2v) is 6.99. The van der Waals surface area contributed by atoms with Gasteiger partial charge in [0.2, 0.25) is 0 Å². The minimum absolute atomic E-state index is 0.377. The van der Waals surface area contributed by atoms with Gasteiger partial charge in [-0.25, -0.2) is 0 Å². The molecule has 20 heavy (non-hydrogen) atoms. The van der Waals surface area contributed by atoms with Gasteiger partial charge in [0.15, 0.2) is 0 Å². The van der Waals surface area contributed by atoms with E-state index < -0.39 is 0 Å². The van der Waals surface area contributed by atoms with Gasteiger partial charge in [-0.2, -0.15) is 0 Å². The highest BCUT2D eigenvalue weighted by molar-refractivity contribution is 5.44. The Morgan fingerprint density at radius 3 is 2.40 bits per heavy atom. The lowest BCUT2D eigenvalue weighted by Gasteiger charge is -2.37. The van der Waals surface area contributed by atoms with Gasteiger partial charge < -0.3 is 10.2 Å². The van der Waals surface area contributed by atoms with E-state index >= 15 is 0 Å².